The van der Waals surface area contributed by atoms with Gasteiger partial charge >= 0.3 is 0 Å². The minimum Gasteiger partial charge on any atom is -0.396 e. The topological polar surface area (TPSA) is 118 Å². The highest BCUT2D eigenvalue weighted by atomic mass is 16.3. The van der Waals surface area contributed by atoms with Gasteiger partial charge in [0.1, 0.15) is 0 Å². The third-order valence-electron chi connectivity index (χ3n) is 5.48. The molecule has 178 valence electrons. The molecule has 2 rings (SSSR count). The van der Waals surface area contributed by atoms with Crippen molar-refractivity contribution in [3.8, 4) is 0 Å². The van der Waals surface area contributed by atoms with E-state index < -0.39 is 0 Å². The van der Waals surface area contributed by atoms with Crippen molar-refractivity contribution < 1.29 is 10.2 Å². The van der Waals surface area contributed by atoms with E-state index in [0.717, 1.165) is 32.2 Å². The number of aliphatic hydroxyl groups excluding tert-OH is 2. The number of hydrogen-bond donors (Lipinski definition) is 5. The summed E-state index contributed by atoms with van der Waals surface area (Å²) in [5, 5.41) is 28.4. The van der Waals surface area contributed by atoms with Crippen LogP contribution in [0, 0.1) is 0 Å². The highest BCUT2D eigenvalue weighted by molar-refractivity contribution is 5.45. The van der Waals surface area contributed by atoms with Crippen molar-refractivity contribution in [2.75, 3.05) is 48.4 Å². The lowest BCUT2D eigenvalue weighted by Crippen LogP contribution is -2.62. The third-order valence-corrected chi connectivity index (χ3v) is 5.48. The second-order valence-corrected chi connectivity index (χ2v) is 9.79. The molecule has 1 aromatic rings. The summed E-state index contributed by atoms with van der Waals surface area (Å²) in [6.07, 6.45) is 5.44. The van der Waals surface area contributed by atoms with Gasteiger partial charge in [0.15, 0.2) is 0 Å². The molecule has 5 N–H and O–H groups in total. The average Bonchev–Trinajstić information content (AvgIpc) is 2.66. The number of hydrogen-bond acceptors (Lipinski definition) is 9. The molecule has 1 saturated heterocycles. The second kappa shape index (κ2) is 11.8. The van der Waals surface area contributed by atoms with Crippen molar-refractivity contribution >= 4 is 17.8 Å². The summed E-state index contributed by atoms with van der Waals surface area (Å²) in [6, 6.07) is 0.316. The van der Waals surface area contributed by atoms with Crippen LogP contribution in [0.1, 0.15) is 73.1 Å². The zero-order chi connectivity index (χ0) is 22.9. The van der Waals surface area contributed by atoms with Gasteiger partial charge in [0.2, 0.25) is 17.8 Å². The van der Waals surface area contributed by atoms with E-state index in [-0.39, 0.29) is 24.3 Å². The Morgan fingerprint density at radius 2 is 1.42 bits per heavy atom. The Balaban J connectivity index is 2.35. The van der Waals surface area contributed by atoms with Crippen LogP contribution >= 0.6 is 0 Å². The molecule has 9 heteroatoms. The molecular weight excluding hydrogens is 394 g/mol. The van der Waals surface area contributed by atoms with Gasteiger partial charge in [0.25, 0.3) is 0 Å². The summed E-state index contributed by atoms with van der Waals surface area (Å²) in [5.41, 5.74) is 0.0443. The Kier molecular flexibility index (Phi) is 9.71. The Morgan fingerprint density at radius 1 is 0.903 bits per heavy atom. The monoisotopic (exact) mass is 437 g/mol. The Hall–Kier alpha value is -1.71. The lowest BCUT2D eigenvalue weighted by molar-refractivity contribution is 0.158. The van der Waals surface area contributed by atoms with Gasteiger partial charge in [-0.05, 0) is 59.8 Å². The van der Waals surface area contributed by atoms with Gasteiger partial charge in [0.05, 0.1) is 0 Å². The quantitative estimate of drug-likeness (QED) is 0.296. The fourth-order valence-electron chi connectivity index (χ4n) is 4.47. The van der Waals surface area contributed by atoms with Crippen molar-refractivity contribution in [1.29, 1.82) is 0 Å². The molecule has 1 fully saturated rings. The number of rotatable bonds is 13. The lowest BCUT2D eigenvalue weighted by atomic mass is 9.79. The van der Waals surface area contributed by atoms with Crippen molar-refractivity contribution in [2.45, 2.75) is 90.3 Å². The zero-order valence-electron chi connectivity index (χ0n) is 20.0. The van der Waals surface area contributed by atoms with E-state index in [1.807, 2.05) is 0 Å². The first-order chi connectivity index (χ1) is 14.7. The van der Waals surface area contributed by atoms with Gasteiger partial charge in [-0.15, -0.1) is 0 Å². The van der Waals surface area contributed by atoms with Crippen molar-refractivity contribution in [3.05, 3.63) is 0 Å². The Labute approximate surface area is 187 Å². The number of unbranched alkanes of at least 4 members (excludes halogenated alkanes) is 1. The van der Waals surface area contributed by atoms with E-state index in [9.17, 15) is 0 Å². The molecule has 0 aliphatic carbocycles. The number of piperidine rings is 1. The molecule has 0 bridgehead atoms. The molecular formula is C22H43N7O2. The maximum atomic E-state index is 9.11. The van der Waals surface area contributed by atoms with E-state index in [1.54, 1.807) is 0 Å². The molecule has 0 amide bonds. The summed E-state index contributed by atoms with van der Waals surface area (Å²) >= 11 is 0. The van der Waals surface area contributed by atoms with Gasteiger partial charge in [-0.1, -0.05) is 13.3 Å². The first-order valence-electron chi connectivity index (χ1n) is 11.7. The minimum absolute atomic E-state index is 0.0221. The van der Waals surface area contributed by atoms with Crippen molar-refractivity contribution in [3.63, 3.8) is 0 Å². The molecule has 0 unspecified atom stereocenters. The van der Waals surface area contributed by atoms with Crippen LogP contribution in [0.15, 0.2) is 0 Å². The molecule has 1 aromatic heterocycles. The Morgan fingerprint density at radius 3 is 1.87 bits per heavy atom. The lowest BCUT2D eigenvalue weighted by Gasteiger charge is -2.49. The number of nitrogens with one attached hydrogen (secondary N) is 3. The normalized spacial score (nSPS) is 18.0. The van der Waals surface area contributed by atoms with E-state index in [2.05, 4.69) is 60.5 Å². The highest BCUT2D eigenvalue weighted by Crippen LogP contribution is 2.33. The molecule has 2 heterocycles. The SMILES string of the molecule is CCCCN(c1nc(NCCCO)nc(NCCCO)n1)C1CC(C)(C)NC(C)(C)C1. The smallest absolute Gasteiger partial charge is 0.232 e. The molecule has 31 heavy (non-hydrogen) atoms. The predicted molar refractivity (Wildman–Crippen MR) is 127 cm³/mol. The molecule has 0 spiro atoms. The maximum Gasteiger partial charge on any atom is 0.232 e. The van der Waals surface area contributed by atoms with Crippen LogP contribution in [0.25, 0.3) is 0 Å². The van der Waals surface area contributed by atoms with Gasteiger partial charge in [-0.25, -0.2) is 0 Å². The standard InChI is InChI=1S/C22H43N7O2/c1-6-7-12-29(17-15-21(2,3)28-22(4,5)16-17)20-26-18(23-10-8-13-30)25-19(27-20)24-11-9-14-31/h17,28,30-31H,6-16H2,1-5H3,(H2,23,24,25,26,27). The Bertz CT molecular complexity index is 625. The first kappa shape index (κ1) is 25.5. The molecule has 0 saturated carbocycles. The molecule has 1 aliphatic heterocycles. The summed E-state index contributed by atoms with van der Waals surface area (Å²) in [7, 11) is 0. The molecule has 0 aromatic carbocycles. The van der Waals surface area contributed by atoms with Crippen LogP contribution in [-0.2, 0) is 0 Å². The summed E-state index contributed by atoms with van der Waals surface area (Å²) in [4.78, 5) is 16.4. The first-order valence-corrected chi connectivity index (χ1v) is 11.7. The number of aromatic nitrogens is 3. The van der Waals surface area contributed by atoms with Crippen molar-refractivity contribution in [1.82, 2.24) is 20.3 Å². The van der Waals surface area contributed by atoms with E-state index >= 15 is 0 Å². The number of aliphatic hydroxyl groups is 2. The fourth-order valence-corrected chi connectivity index (χ4v) is 4.47. The predicted octanol–water partition coefficient (Wildman–Crippen LogP) is 2.38. The number of anilines is 3. The highest BCUT2D eigenvalue weighted by Gasteiger charge is 2.40. The van der Waals surface area contributed by atoms with Crippen LogP contribution in [0.5, 0.6) is 0 Å². The molecule has 0 radical (unpaired) electrons. The molecule has 0 atom stereocenters. The van der Waals surface area contributed by atoms with Crippen LogP contribution in [0.3, 0.4) is 0 Å². The van der Waals surface area contributed by atoms with Gasteiger partial charge < -0.3 is 31.1 Å². The molecule has 1 aliphatic rings. The summed E-state index contributed by atoms with van der Waals surface area (Å²) < 4.78 is 0. The van der Waals surface area contributed by atoms with E-state index in [1.165, 1.54) is 0 Å². The van der Waals surface area contributed by atoms with Crippen molar-refractivity contribution in [2.24, 2.45) is 0 Å². The van der Waals surface area contributed by atoms with Crippen LogP contribution in [0.4, 0.5) is 17.8 Å². The minimum atomic E-state index is 0.0221. The number of nitrogens with zero attached hydrogens (tertiary/aromatic N) is 4. The zero-order valence-corrected chi connectivity index (χ0v) is 20.0. The fraction of sp³-hybridized carbons (Fsp3) is 0.864. The van der Waals surface area contributed by atoms with Crippen LogP contribution in [-0.4, -0.2) is 75.1 Å². The average molecular weight is 438 g/mol. The van der Waals surface area contributed by atoms with Crippen LogP contribution in [0.2, 0.25) is 0 Å². The van der Waals surface area contributed by atoms with E-state index in [4.69, 9.17) is 20.2 Å². The second-order valence-electron chi connectivity index (χ2n) is 9.79. The van der Waals surface area contributed by atoms with Gasteiger partial charge in [0, 0.05) is 50.0 Å². The summed E-state index contributed by atoms with van der Waals surface area (Å²) in [6.45, 7) is 13.6. The van der Waals surface area contributed by atoms with E-state index in [0.29, 0.717) is 49.8 Å². The van der Waals surface area contributed by atoms with Gasteiger partial charge in [-0.3, -0.25) is 0 Å². The maximum absolute atomic E-state index is 9.11. The largest absolute Gasteiger partial charge is 0.396 e. The summed E-state index contributed by atoms with van der Waals surface area (Å²) in [5.74, 6) is 1.71. The van der Waals surface area contributed by atoms with Gasteiger partial charge in [-0.2, -0.15) is 15.0 Å². The third kappa shape index (κ3) is 8.38. The van der Waals surface area contributed by atoms with Crippen LogP contribution < -0.4 is 20.9 Å². The molecule has 9 nitrogen and oxygen atoms in total.